The van der Waals surface area contributed by atoms with Crippen LogP contribution in [0.3, 0.4) is 0 Å². The molecule has 2 N–H and O–H groups in total. The summed E-state index contributed by atoms with van der Waals surface area (Å²) in [7, 11) is 1.49. The molecule has 0 bridgehead atoms. The summed E-state index contributed by atoms with van der Waals surface area (Å²) >= 11 is 7.23. The third-order valence-electron chi connectivity index (χ3n) is 5.92. The summed E-state index contributed by atoms with van der Waals surface area (Å²) in [6, 6.07) is 11.5. The molecule has 0 saturated carbocycles. The van der Waals surface area contributed by atoms with Crippen LogP contribution in [0.4, 0.5) is 11.4 Å². The van der Waals surface area contributed by atoms with Gasteiger partial charge in [-0.1, -0.05) is 36.7 Å². The molecule has 186 valence electrons. The summed E-state index contributed by atoms with van der Waals surface area (Å²) in [5, 5.41) is 6.46. The van der Waals surface area contributed by atoms with Crippen molar-refractivity contribution in [3.05, 3.63) is 80.2 Å². The molecule has 0 saturated heterocycles. The number of rotatable bonds is 7. The number of benzene rings is 2. The number of amides is 2. The minimum Gasteiger partial charge on any atom is -0.495 e. The van der Waals surface area contributed by atoms with Crippen LogP contribution in [0.25, 0.3) is 10.2 Å². The standard InChI is InChI=1S/C26H25ClN4O4S/c1-5-19(23(32)30-18-12-16(27)10-11-20(18)35-4)31-13-28-25-21(26(31)34)15(3)22(36-25)24(33)29-17-9-7-6-8-14(17)2/h6-13,19H,5H2,1-4H3,(H,29,33)(H,30,32). The third kappa shape index (κ3) is 4.84. The molecule has 0 aliphatic rings. The number of nitrogens with one attached hydrogen (secondary N) is 2. The SMILES string of the molecule is CCC(C(=O)Nc1cc(Cl)ccc1OC)n1cnc2sc(C(=O)Nc3ccccc3C)c(C)c2c1=O. The van der Waals surface area contributed by atoms with E-state index in [0.717, 1.165) is 16.9 Å². The van der Waals surface area contributed by atoms with Gasteiger partial charge in [0.2, 0.25) is 5.91 Å². The second-order valence-electron chi connectivity index (χ2n) is 8.22. The highest BCUT2D eigenvalue weighted by Crippen LogP contribution is 2.30. The van der Waals surface area contributed by atoms with E-state index in [1.54, 1.807) is 32.0 Å². The number of methoxy groups -OCH3 is 1. The van der Waals surface area contributed by atoms with Gasteiger partial charge in [-0.25, -0.2) is 4.98 Å². The quantitative estimate of drug-likeness (QED) is 0.328. The van der Waals surface area contributed by atoms with Crippen molar-refractivity contribution in [3.63, 3.8) is 0 Å². The molecule has 2 aromatic carbocycles. The van der Waals surface area contributed by atoms with E-state index >= 15 is 0 Å². The minimum atomic E-state index is -0.832. The Balaban J connectivity index is 1.68. The number of aromatic nitrogens is 2. The second-order valence-corrected chi connectivity index (χ2v) is 9.66. The van der Waals surface area contributed by atoms with E-state index in [9.17, 15) is 14.4 Å². The van der Waals surface area contributed by atoms with Gasteiger partial charge in [-0.3, -0.25) is 19.0 Å². The van der Waals surface area contributed by atoms with E-state index in [1.165, 1.54) is 18.0 Å². The van der Waals surface area contributed by atoms with Gasteiger partial charge in [0.25, 0.3) is 11.5 Å². The van der Waals surface area contributed by atoms with Gasteiger partial charge in [0.1, 0.15) is 16.6 Å². The number of nitrogens with zero attached hydrogens (tertiary/aromatic N) is 2. The predicted octanol–water partition coefficient (Wildman–Crippen LogP) is 5.58. The molecular weight excluding hydrogens is 500 g/mol. The second kappa shape index (κ2) is 10.5. The number of para-hydroxylation sites is 1. The molecule has 8 nitrogen and oxygen atoms in total. The molecule has 2 aromatic heterocycles. The molecule has 0 aliphatic carbocycles. The van der Waals surface area contributed by atoms with Gasteiger partial charge in [0, 0.05) is 10.7 Å². The number of halogens is 1. The molecule has 2 amide bonds. The fraction of sp³-hybridized carbons (Fsp3) is 0.231. The Hall–Kier alpha value is -3.69. The van der Waals surface area contributed by atoms with Gasteiger partial charge < -0.3 is 15.4 Å². The summed E-state index contributed by atoms with van der Waals surface area (Å²) < 4.78 is 6.60. The Bertz CT molecular complexity index is 1530. The Kier molecular flexibility index (Phi) is 7.42. The smallest absolute Gasteiger partial charge is 0.266 e. The lowest BCUT2D eigenvalue weighted by Crippen LogP contribution is -2.33. The molecule has 0 aliphatic heterocycles. The first kappa shape index (κ1) is 25.4. The monoisotopic (exact) mass is 524 g/mol. The molecule has 0 radical (unpaired) electrons. The van der Waals surface area contributed by atoms with Crippen molar-refractivity contribution in [1.29, 1.82) is 0 Å². The number of hydrogen-bond donors (Lipinski definition) is 2. The first-order valence-corrected chi connectivity index (χ1v) is 12.5. The zero-order valence-corrected chi connectivity index (χ0v) is 21.8. The predicted molar refractivity (Wildman–Crippen MR) is 144 cm³/mol. The van der Waals surface area contributed by atoms with Gasteiger partial charge in [-0.15, -0.1) is 11.3 Å². The average molecular weight is 525 g/mol. The zero-order chi connectivity index (χ0) is 26.0. The summed E-state index contributed by atoms with van der Waals surface area (Å²) in [6.07, 6.45) is 1.69. The van der Waals surface area contributed by atoms with E-state index in [1.807, 2.05) is 31.2 Å². The van der Waals surface area contributed by atoms with Crippen LogP contribution in [0.2, 0.25) is 5.02 Å². The molecular formula is C26H25ClN4O4S. The minimum absolute atomic E-state index is 0.311. The lowest BCUT2D eigenvalue weighted by atomic mass is 10.1. The van der Waals surface area contributed by atoms with Gasteiger partial charge >= 0.3 is 0 Å². The first-order valence-electron chi connectivity index (χ1n) is 11.3. The van der Waals surface area contributed by atoms with E-state index in [2.05, 4.69) is 15.6 Å². The fourth-order valence-electron chi connectivity index (χ4n) is 3.97. The lowest BCUT2D eigenvalue weighted by Gasteiger charge is -2.19. The highest BCUT2D eigenvalue weighted by Gasteiger charge is 2.25. The Morgan fingerprint density at radius 1 is 1.14 bits per heavy atom. The summed E-state index contributed by atoms with van der Waals surface area (Å²) in [4.78, 5) is 45.0. The van der Waals surface area contributed by atoms with Crippen molar-refractivity contribution >= 4 is 56.3 Å². The van der Waals surface area contributed by atoms with E-state index in [-0.39, 0.29) is 11.5 Å². The molecule has 10 heteroatoms. The number of hydrogen-bond acceptors (Lipinski definition) is 6. The highest BCUT2D eigenvalue weighted by molar-refractivity contribution is 7.20. The van der Waals surface area contributed by atoms with Crippen LogP contribution in [0.15, 0.2) is 53.6 Å². The maximum Gasteiger partial charge on any atom is 0.266 e. The van der Waals surface area contributed by atoms with E-state index in [4.69, 9.17) is 16.3 Å². The highest BCUT2D eigenvalue weighted by atomic mass is 35.5. The number of aryl methyl sites for hydroxylation is 2. The summed E-state index contributed by atoms with van der Waals surface area (Å²) in [5.74, 6) is -0.276. The van der Waals surface area contributed by atoms with Crippen molar-refractivity contribution in [2.45, 2.75) is 33.2 Å². The number of carbonyl (C=O) groups excluding carboxylic acids is 2. The Labute approximate surface area is 216 Å². The number of fused-ring (bicyclic) bond motifs is 1. The molecule has 4 rings (SSSR count). The van der Waals surface area contributed by atoms with Crippen LogP contribution >= 0.6 is 22.9 Å². The molecule has 0 fully saturated rings. The number of ether oxygens (including phenoxy) is 1. The van der Waals surface area contributed by atoms with Crippen LogP contribution in [-0.2, 0) is 4.79 Å². The molecule has 1 unspecified atom stereocenters. The zero-order valence-electron chi connectivity index (χ0n) is 20.2. The maximum absolute atomic E-state index is 13.5. The normalized spacial score (nSPS) is 11.8. The largest absolute Gasteiger partial charge is 0.495 e. The van der Waals surface area contributed by atoms with Crippen molar-refractivity contribution in [3.8, 4) is 5.75 Å². The molecule has 1 atom stereocenters. The van der Waals surface area contributed by atoms with Crippen molar-refractivity contribution in [1.82, 2.24) is 9.55 Å². The maximum atomic E-state index is 13.5. The summed E-state index contributed by atoms with van der Waals surface area (Å²) in [6.45, 7) is 5.43. The van der Waals surface area contributed by atoms with Crippen LogP contribution < -0.4 is 20.9 Å². The van der Waals surface area contributed by atoms with E-state index in [0.29, 0.717) is 49.2 Å². The average Bonchev–Trinajstić information content (AvgIpc) is 3.19. The van der Waals surface area contributed by atoms with Crippen LogP contribution in [0.5, 0.6) is 5.75 Å². The van der Waals surface area contributed by atoms with Crippen molar-refractivity contribution < 1.29 is 14.3 Å². The Morgan fingerprint density at radius 3 is 2.58 bits per heavy atom. The number of thiophene rings is 1. The lowest BCUT2D eigenvalue weighted by molar-refractivity contribution is -0.119. The summed E-state index contributed by atoms with van der Waals surface area (Å²) in [5.41, 5.74) is 2.17. The molecule has 4 aromatic rings. The van der Waals surface area contributed by atoms with Gasteiger partial charge in [-0.05, 0) is 55.7 Å². The van der Waals surface area contributed by atoms with Crippen molar-refractivity contribution in [2.24, 2.45) is 0 Å². The first-order chi connectivity index (χ1) is 17.2. The van der Waals surface area contributed by atoms with Crippen LogP contribution in [0, 0.1) is 13.8 Å². The van der Waals surface area contributed by atoms with E-state index < -0.39 is 11.9 Å². The number of anilines is 2. The molecule has 36 heavy (non-hydrogen) atoms. The Morgan fingerprint density at radius 2 is 1.89 bits per heavy atom. The van der Waals surface area contributed by atoms with Gasteiger partial charge in [0.05, 0.1) is 29.4 Å². The molecule has 0 spiro atoms. The van der Waals surface area contributed by atoms with Crippen LogP contribution in [0.1, 0.15) is 40.2 Å². The van der Waals surface area contributed by atoms with Crippen LogP contribution in [-0.4, -0.2) is 28.5 Å². The number of carbonyl (C=O) groups is 2. The molecule has 2 heterocycles. The fourth-order valence-corrected chi connectivity index (χ4v) is 5.18. The topological polar surface area (TPSA) is 102 Å². The third-order valence-corrected chi connectivity index (χ3v) is 7.35. The van der Waals surface area contributed by atoms with Gasteiger partial charge in [0.15, 0.2) is 0 Å². The van der Waals surface area contributed by atoms with Crippen molar-refractivity contribution in [2.75, 3.05) is 17.7 Å². The van der Waals surface area contributed by atoms with Gasteiger partial charge in [-0.2, -0.15) is 0 Å².